The minimum absolute atomic E-state index is 0. The van der Waals surface area contributed by atoms with Crippen LogP contribution in [-0.2, 0) is 11.2 Å². The van der Waals surface area contributed by atoms with Gasteiger partial charge >= 0.3 is 0 Å². The number of nitrogens with one attached hydrogen (secondary N) is 2. The fraction of sp³-hybridized carbons (Fsp3) is 0.500. The predicted octanol–water partition coefficient (Wildman–Crippen LogP) is 2.91. The third-order valence-electron chi connectivity index (χ3n) is 4.71. The van der Waals surface area contributed by atoms with Gasteiger partial charge in [-0.3, -0.25) is 4.90 Å². The van der Waals surface area contributed by atoms with Gasteiger partial charge in [0.2, 0.25) is 0 Å². The van der Waals surface area contributed by atoms with Gasteiger partial charge in [0.1, 0.15) is 23.4 Å². The molecule has 9 heteroatoms. The predicted molar refractivity (Wildman–Crippen MR) is 130 cm³/mol. The number of benzene rings is 1. The fourth-order valence-electron chi connectivity index (χ4n) is 3.12. The van der Waals surface area contributed by atoms with Crippen molar-refractivity contribution in [3.63, 3.8) is 0 Å². The number of rotatable bonds is 10. The summed E-state index contributed by atoms with van der Waals surface area (Å²) in [4.78, 5) is 7.01. The van der Waals surface area contributed by atoms with Gasteiger partial charge in [-0.1, -0.05) is 6.07 Å². The van der Waals surface area contributed by atoms with Crippen molar-refractivity contribution >= 4 is 29.9 Å². The van der Waals surface area contributed by atoms with Gasteiger partial charge < -0.3 is 24.5 Å². The highest BCUT2D eigenvalue weighted by Gasteiger charge is 2.10. The number of guanidine groups is 1. The second-order valence-electron chi connectivity index (χ2n) is 7.21. The molecule has 0 aliphatic carbocycles. The van der Waals surface area contributed by atoms with Crippen molar-refractivity contribution in [1.29, 1.82) is 0 Å². The topological polar surface area (TPSA) is 71.3 Å². The van der Waals surface area contributed by atoms with Gasteiger partial charge in [-0.25, -0.2) is 9.38 Å². The van der Waals surface area contributed by atoms with Gasteiger partial charge in [0, 0.05) is 45.2 Å². The lowest BCUT2D eigenvalue weighted by Crippen LogP contribution is -2.45. The van der Waals surface area contributed by atoms with Crippen LogP contribution in [0.3, 0.4) is 0 Å². The van der Waals surface area contributed by atoms with E-state index < -0.39 is 0 Å². The van der Waals surface area contributed by atoms with Crippen molar-refractivity contribution in [3.05, 3.63) is 54.2 Å². The molecule has 1 saturated heterocycles. The molecule has 172 valence electrons. The van der Waals surface area contributed by atoms with E-state index in [-0.39, 0.29) is 35.9 Å². The third kappa shape index (κ3) is 9.88. The molecular weight excluding hydrogens is 514 g/mol. The lowest BCUT2D eigenvalue weighted by atomic mass is 10.3. The Morgan fingerprint density at radius 3 is 2.74 bits per heavy atom. The molecule has 0 amide bonds. The number of ether oxygens (including phenoxy) is 2. The number of nitrogens with zero attached hydrogens (tertiary/aromatic N) is 2. The SMILES string of the molecule is CC(CN=C(NCCc1ccco1)NCCN1CCOCC1)Oc1cccc(F)c1.I. The van der Waals surface area contributed by atoms with Crippen LogP contribution in [0.25, 0.3) is 0 Å². The highest BCUT2D eigenvalue weighted by Crippen LogP contribution is 2.13. The zero-order chi connectivity index (χ0) is 21.0. The Bertz CT molecular complexity index is 770. The molecule has 31 heavy (non-hydrogen) atoms. The molecule has 1 unspecified atom stereocenters. The minimum Gasteiger partial charge on any atom is -0.489 e. The maximum Gasteiger partial charge on any atom is 0.191 e. The Hall–Kier alpha value is -1.85. The highest BCUT2D eigenvalue weighted by atomic mass is 127. The Morgan fingerprint density at radius 1 is 1.19 bits per heavy atom. The number of morpholine rings is 1. The van der Waals surface area contributed by atoms with E-state index in [1.165, 1.54) is 12.1 Å². The molecule has 7 nitrogen and oxygen atoms in total. The smallest absolute Gasteiger partial charge is 0.191 e. The van der Waals surface area contributed by atoms with Gasteiger partial charge in [-0.2, -0.15) is 0 Å². The first-order valence-corrected chi connectivity index (χ1v) is 10.5. The highest BCUT2D eigenvalue weighted by molar-refractivity contribution is 14.0. The average Bonchev–Trinajstić information content (AvgIpc) is 3.26. The van der Waals surface area contributed by atoms with E-state index in [0.717, 1.165) is 57.5 Å². The third-order valence-corrected chi connectivity index (χ3v) is 4.71. The largest absolute Gasteiger partial charge is 0.489 e. The van der Waals surface area contributed by atoms with Crippen LogP contribution in [0.15, 0.2) is 52.1 Å². The lowest BCUT2D eigenvalue weighted by Gasteiger charge is -2.26. The Morgan fingerprint density at radius 2 is 2.00 bits per heavy atom. The van der Waals surface area contributed by atoms with E-state index in [9.17, 15) is 4.39 Å². The first-order valence-electron chi connectivity index (χ1n) is 10.5. The van der Waals surface area contributed by atoms with E-state index in [4.69, 9.17) is 13.9 Å². The number of furan rings is 1. The van der Waals surface area contributed by atoms with Gasteiger partial charge in [0.05, 0.1) is 26.0 Å². The quantitative estimate of drug-likeness (QED) is 0.272. The first-order chi connectivity index (χ1) is 14.7. The molecule has 2 aromatic rings. The zero-order valence-electron chi connectivity index (χ0n) is 17.9. The monoisotopic (exact) mass is 546 g/mol. The van der Waals surface area contributed by atoms with E-state index in [2.05, 4.69) is 20.5 Å². The average molecular weight is 546 g/mol. The molecule has 1 aliphatic rings. The zero-order valence-corrected chi connectivity index (χ0v) is 20.2. The van der Waals surface area contributed by atoms with Gasteiger partial charge in [-0.15, -0.1) is 24.0 Å². The molecular formula is C22H32FIN4O3. The summed E-state index contributed by atoms with van der Waals surface area (Å²) >= 11 is 0. The molecule has 0 spiro atoms. The molecule has 1 aliphatic heterocycles. The summed E-state index contributed by atoms with van der Waals surface area (Å²) in [6.45, 7) is 8.28. The number of hydrogen-bond acceptors (Lipinski definition) is 5. The minimum atomic E-state index is -0.312. The maximum absolute atomic E-state index is 13.3. The molecule has 1 aromatic heterocycles. The molecule has 0 bridgehead atoms. The molecule has 0 radical (unpaired) electrons. The fourth-order valence-corrected chi connectivity index (χ4v) is 3.12. The molecule has 2 N–H and O–H groups in total. The molecule has 3 rings (SSSR count). The van der Waals surface area contributed by atoms with Crippen LogP contribution in [0, 0.1) is 5.82 Å². The van der Waals surface area contributed by atoms with Gasteiger partial charge in [-0.05, 0) is 31.2 Å². The first kappa shape index (κ1) is 25.4. The van der Waals surface area contributed by atoms with Crippen molar-refractivity contribution in [2.75, 3.05) is 52.5 Å². The van der Waals surface area contributed by atoms with E-state index in [1.807, 2.05) is 19.1 Å². The lowest BCUT2D eigenvalue weighted by molar-refractivity contribution is 0.0389. The molecule has 2 heterocycles. The maximum atomic E-state index is 13.3. The van der Waals surface area contributed by atoms with Crippen LogP contribution < -0.4 is 15.4 Å². The summed E-state index contributed by atoms with van der Waals surface area (Å²) < 4.78 is 29.9. The second-order valence-corrected chi connectivity index (χ2v) is 7.21. The molecule has 1 fully saturated rings. The van der Waals surface area contributed by atoms with Crippen molar-refractivity contribution in [1.82, 2.24) is 15.5 Å². The van der Waals surface area contributed by atoms with Crippen molar-refractivity contribution in [3.8, 4) is 5.75 Å². The number of halogens is 2. The summed E-state index contributed by atoms with van der Waals surface area (Å²) in [6.07, 6.45) is 2.26. The van der Waals surface area contributed by atoms with Crippen LogP contribution in [0.5, 0.6) is 5.75 Å². The summed E-state index contributed by atoms with van der Waals surface area (Å²) in [5, 5.41) is 6.73. The Kier molecular flexibility index (Phi) is 11.7. The summed E-state index contributed by atoms with van der Waals surface area (Å²) in [5.74, 6) is 1.85. The Labute approximate surface area is 200 Å². The van der Waals surface area contributed by atoms with E-state index in [0.29, 0.717) is 18.8 Å². The molecule has 1 atom stereocenters. The van der Waals surface area contributed by atoms with Crippen LogP contribution >= 0.6 is 24.0 Å². The van der Waals surface area contributed by atoms with Gasteiger partial charge in [0.25, 0.3) is 0 Å². The van der Waals surface area contributed by atoms with Crippen LogP contribution in [0.2, 0.25) is 0 Å². The van der Waals surface area contributed by atoms with Crippen LogP contribution in [0.1, 0.15) is 12.7 Å². The number of aliphatic imine (C=N–C) groups is 1. The normalized spacial score (nSPS) is 15.7. The summed E-state index contributed by atoms with van der Waals surface area (Å²) in [7, 11) is 0. The molecule has 1 aromatic carbocycles. The standard InChI is InChI=1S/C22H31FN4O3.HI/c1-18(30-21-5-2-4-19(23)16-21)17-26-22(24-8-7-20-6-3-13-29-20)25-9-10-27-11-14-28-15-12-27;/h2-6,13,16,18H,7-12,14-15,17H2,1H3,(H2,24,25,26);1H. The number of hydrogen-bond donors (Lipinski definition) is 2. The van der Waals surface area contributed by atoms with Crippen molar-refractivity contribution < 1.29 is 18.3 Å². The Balaban J connectivity index is 0.00000341. The van der Waals surface area contributed by atoms with Crippen LogP contribution in [0.4, 0.5) is 4.39 Å². The summed E-state index contributed by atoms with van der Waals surface area (Å²) in [6, 6.07) is 10.00. The van der Waals surface area contributed by atoms with E-state index in [1.54, 1.807) is 18.4 Å². The van der Waals surface area contributed by atoms with Crippen LogP contribution in [-0.4, -0.2) is 69.4 Å². The van der Waals surface area contributed by atoms with E-state index >= 15 is 0 Å². The molecule has 0 saturated carbocycles. The second kappa shape index (κ2) is 14.3. The van der Waals surface area contributed by atoms with Gasteiger partial charge in [0.15, 0.2) is 5.96 Å². The van der Waals surface area contributed by atoms with Crippen molar-refractivity contribution in [2.24, 2.45) is 4.99 Å². The summed E-state index contributed by atoms with van der Waals surface area (Å²) in [5.41, 5.74) is 0. The van der Waals surface area contributed by atoms with Crippen molar-refractivity contribution in [2.45, 2.75) is 19.4 Å².